The van der Waals surface area contributed by atoms with Crippen LogP contribution in [-0.4, -0.2) is 41.5 Å². The molecular weight excluding hydrogens is 292 g/mol. The van der Waals surface area contributed by atoms with Gasteiger partial charge in [-0.3, -0.25) is 9.69 Å². The summed E-state index contributed by atoms with van der Waals surface area (Å²) in [5.74, 6) is -0.507. The third-order valence-electron chi connectivity index (χ3n) is 3.73. The van der Waals surface area contributed by atoms with Gasteiger partial charge in [0.25, 0.3) is 0 Å². The van der Waals surface area contributed by atoms with Crippen molar-refractivity contribution in [2.75, 3.05) is 25.0 Å². The Morgan fingerprint density at radius 2 is 2.05 bits per heavy atom. The smallest absolute Gasteiger partial charge is 0.335 e. The minimum atomic E-state index is -1.05. The summed E-state index contributed by atoms with van der Waals surface area (Å²) in [5.41, 5.74) is 0.438. The number of carbonyl (C=O) groups is 2. The van der Waals surface area contributed by atoms with E-state index in [-0.39, 0.29) is 11.5 Å². The van der Waals surface area contributed by atoms with E-state index in [1.165, 1.54) is 18.2 Å². The first-order valence-electron chi connectivity index (χ1n) is 7.00. The van der Waals surface area contributed by atoms with Crippen LogP contribution in [0, 0.1) is 5.92 Å². The number of carbonyl (C=O) groups excluding carboxylic acids is 1. The van der Waals surface area contributed by atoms with E-state index in [1.807, 2.05) is 0 Å². The SMILES string of the molecule is CC1CCN(CC(=O)Nc2cc(C(=O)O)ccc2Cl)CC1. The summed E-state index contributed by atoms with van der Waals surface area (Å²) in [4.78, 5) is 25.1. The molecule has 1 aromatic rings. The minimum absolute atomic E-state index is 0.0986. The van der Waals surface area contributed by atoms with Crippen molar-refractivity contribution in [3.8, 4) is 0 Å². The Hall–Kier alpha value is -1.59. The average molecular weight is 311 g/mol. The van der Waals surface area contributed by atoms with Gasteiger partial charge in [0.1, 0.15) is 0 Å². The highest BCUT2D eigenvalue weighted by Crippen LogP contribution is 2.23. The van der Waals surface area contributed by atoms with Crippen LogP contribution in [0.25, 0.3) is 0 Å². The molecule has 1 aliphatic heterocycles. The second-order valence-corrected chi connectivity index (χ2v) is 5.91. The number of hydrogen-bond donors (Lipinski definition) is 2. The molecule has 0 saturated carbocycles. The van der Waals surface area contributed by atoms with Gasteiger partial charge in [0.05, 0.1) is 22.8 Å². The van der Waals surface area contributed by atoms with Crippen LogP contribution in [0.5, 0.6) is 0 Å². The maximum Gasteiger partial charge on any atom is 0.335 e. The molecule has 0 aliphatic carbocycles. The van der Waals surface area contributed by atoms with E-state index in [2.05, 4.69) is 17.1 Å². The highest BCUT2D eigenvalue weighted by Gasteiger charge is 2.18. The predicted molar refractivity (Wildman–Crippen MR) is 81.9 cm³/mol. The first-order valence-corrected chi connectivity index (χ1v) is 7.38. The summed E-state index contributed by atoms with van der Waals surface area (Å²) in [5, 5.41) is 12.0. The Kier molecular flexibility index (Phi) is 5.20. The number of aromatic carboxylic acids is 1. The van der Waals surface area contributed by atoms with Gasteiger partial charge in [0.2, 0.25) is 5.91 Å². The van der Waals surface area contributed by atoms with E-state index in [4.69, 9.17) is 16.7 Å². The van der Waals surface area contributed by atoms with Gasteiger partial charge in [-0.1, -0.05) is 18.5 Å². The maximum absolute atomic E-state index is 12.0. The van der Waals surface area contributed by atoms with Gasteiger partial charge in [0, 0.05) is 0 Å². The van der Waals surface area contributed by atoms with Crippen molar-refractivity contribution in [1.82, 2.24) is 4.90 Å². The molecule has 2 rings (SSSR count). The fourth-order valence-electron chi connectivity index (χ4n) is 2.37. The zero-order valence-electron chi connectivity index (χ0n) is 11.9. The Morgan fingerprint density at radius 3 is 2.67 bits per heavy atom. The van der Waals surface area contributed by atoms with Crippen LogP contribution in [0.15, 0.2) is 18.2 Å². The zero-order valence-corrected chi connectivity index (χ0v) is 12.7. The number of hydrogen-bond acceptors (Lipinski definition) is 3. The Labute approximate surface area is 128 Å². The topological polar surface area (TPSA) is 69.6 Å². The summed E-state index contributed by atoms with van der Waals surface area (Å²) in [6, 6.07) is 4.26. The standard InChI is InChI=1S/C15H19ClN2O3/c1-10-4-6-18(7-5-10)9-14(19)17-13-8-11(15(20)21)2-3-12(13)16/h2-3,8,10H,4-7,9H2,1H3,(H,17,19)(H,20,21). The second kappa shape index (κ2) is 6.91. The molecule has 1 saturated heterocycles. The number of nitrogens with zero attached hydrogens (tertiary/aromatic N) is 1. The molecule has 21 heavy (non-hydrogen) atoms. The van der Waals surface area contributed by atoms with Crippen LogP contribution in [0.3, 0.4) is 0 Å². The average Bonchev–Trinajstić information content (AvgIpc) is 2.43. The van der Waals surface area contributed by atoms with Crippen molar-refractivity contribution < 1.29 is 14.7 Å². The molecule has 1 fully saturated rings. The molecule has 2 N–H and O–H groups in total. The number of anilines is 1. The quantitative estimate of drug-likeness (QED) is 0.897. The van der Waals surface area contributed by atoms with Crippen molar-refractivity contribution in [3.05, 3.63) is 28.8 Å². The molecule has 0 aromatic heterocycles. The number of amides is 1. The molecule has 5 nitrogen and oxygen atoms in total. The number of halogens is 1. The summed E-state index contributed by atoms with van der Waals surface area (Å²) < 4.78 is 0. The Morgan fingerprint density at radius 1 is 1.38 bits per heavy atom. The van der Waals surface area contributed by atoms with Crippen LogP contribution < -0.4 is 5.32 Å². The number of piperidine rings is 1. The van der Waals surface area contributed by atoms with E-state index in [9.17, 15) is 9.59 Å². The molecule has 0 atom stereocenters. The van der Waals surface area contributed by atoms with E-state index in [0.717, 1.165) is 25.9 Å². The fraction of sp³-hybridized carbons (Fsp3) is 0.467. The van der Waals surface area contributed by atoms with E-state index in [1.54, 1.807) is 0 Å². The highest BCUT2D eigenvalue weighted by molar-refractivity contribution is 6.33. The lowest BCUT2D eigenvalue weighted by molar-refractivity contribution is -0.117. The third kappa shape index (κ3) is 4.44. The molecule has 1 aliphatic rings. The zero-order chi connectivity index (χ0) is 15.4. The first kappa shape index (κ1) is 15.8. The van der Waals surface area contributed by atoms with Crippen LogP contribution in [0.2, 0.25) is 5.02 Å². The van der Waals surface area contributed by atoms with Crippen molar-refractivity contribution >= 4 is 29.2 Å². The molecule has 0 spiro atoms. The molecule has 1 aromatic carbocycles. The normalized spacial score (nSPS) is 16.7. The van der Waals surface area contributed by atoms with Gasteiger partial charge < -0.3 is 10.4 Å². The number of nitrogens with one attached hydrogen (secondary N) is 1. The van der Waals surface area contributed by atoms with Gasteiger partial charge in [-0.15, -0.1) is 0 Å². The number of carboxylic acid groups (broad SMARTS) is 1. The summed E-state index contributed by atoms with van der Waals surface area (Å²) >= 11 is 5.99. The van der Waals surface area contributed by atoms with Crippen molar-refractivity contribution in [2.24, 2.45) is 5.92 Å². The molecule has 0 bridgehead atoms. The van der Waals surface area contributed by atoms with Gasteiger partial charge in [0.15, 0.2) is 0 Å². The Bertz CT molecular complexity index is 540. The summed E-state index contributed by atoms with van der Waals surface area (Å²) in [7, 11) is 0. The van der Waals surface area contributed by atoms with Gasteiger partial charge in [-0.25, -0.2) is 4.79 Å². The second-order valence-electron chi connectivity index (χ2n) is 5.51. The largest absolute Gasteiger partial charge is 0.478 e. The van der Waals surface area contributed by atoms with E-state index in [0.29, 0.717) is 23.2 Å². The van der Waals surface area contributed by atoms with Crippen molar-refractivity contribution in [1.29, 1.82) is 0 Å². The minimum Gasteiger partial charge on any atom is -0.478 e. The van der Waals surface area contributed by atoms with Crippen LogP contribution >= 0.6 is 11.6 Å². The lowest BCUT2D eigenvalue weighted by atomic mass is 9.99. The van der Waals surface area contributed by atoms with Gasteiger partial charge in [-0.05, 0) is 50.0 Å². The lowest BCUT2D eigenvalue weighted by Crippen LogP contribution is -2.38. The highest BCUT2D eigenvalue weighted by atomic mass is 35.5. The third-order valence-corrected chi connectivity index (χ3v) is 4.06. The van der Waals surface area contributed by atoms with E-state index >= 15 is 0 Å². The number of benzene rings is 1. The fourth-order valence-corrected chi connectivity index (χ4v) is 2.53. The molecule has 1 amide bonds. The summed E-state index contributed by atoms with van der Waals surface area (Å²) in [6.45, 7) is 4.35. The Balaban J connectivity index is 1.96. The molecular formula is C15H19ClN2O3. The van der Waals surface area contributed by atoms with Gasteiger partial charge >= 0.3 is 5.97 Å². The number of carboxylic acids is 1. The molecule has 114 valence electrons. The van der Waals surface area contributed by atoms with Gasteiger partial charge in [-0.2, -0.15) is 0 Å². The van der Waals surface area contributed by atoms with Crippen LogP contribution in [-0.2, 0) is 4.79 Å². The van der Waals surface area contributed by atoms with Crippen molar-refractivity contribution in [2.45, 2.75) is 19.8 Å². The molecule has 0 radical (unpaired) electrons. The maximum atomic E-state index is 12.0. The first-order chi connectivity index (χ1) is 9.95. The lowest BCUT2D eigenvalue weighted by Gasteiger charge is -2.29. The number of likely N-dealkylation sites (tertiary alicyclic amines) is 1. The van der Waals surface area contributed by atoms with Crippen molar-refractivity contribution in [3.63, 3.8) is 0 Å². The van der Waals surface area contributed by atoms with E-state index < -0.39 is 5.97 Å². The molecule has 6 heteroatoms. The molecule has 0 unspecified atom stereocenters. The monoisotopic (exact) mass is 310 g/mol. The number of rotatable bonds is 4. The van der Waals surface area contributed by atoms with Crippen LogP contribution in [0.1, 0.15) is 30.1 Å². The van der Waals surface area contributed by atoms with Crippen LogP contribution in [0.4, 0.5) is 5.69 Å². The molecule has 1 heterocycles. The summed E-state index contributed by atoms with van der Waals surface area (Å²) in [6.07, 6.45) is 2.20. The predicted octanol–water partition coefficient (Wildman–Crippen LogP) is 2.71.